The van der Waals surface area contributed by atoms with Gasteiger partial charge in [-0.05, 0) is 30.5 Å². The average molecular weight is 489 g/mol. The molecule has 2 N–H and O–H groups in total. The van der Waals surface area contributed by atoms with Gasteiger partial charge in [0.15, 0.2) is 24.1 Å². The topological polar surface area (TPSA) is 54.9 Å². The van der Waals surface area contributed by atoms with E-state index in [1.165, 1.54) is 13.2 Å². The molecular formula is C17H27F3IN3O2. The van der Waals surface area contributed by atoms with E-state index in [9.17, 15) is 13.2 Å². The molecule has 9 heteroatoms. The summed E-state index contributed by atoms with van der Waals surface area (Å²) < 4.78 is 46.7. The molecule has 26 heavy (non-hydrogen) atoms. The molecule has 0 amide bonds. The van der Waals surface area contributed by atoms with Crippen LogP contribution in [0.5, 0.6) is 11.5 Å². The summed E-state index contributed by atoms with van der Waals surface area (Å²) in [6.45, 7) is 5.36. The third-order valence-corrected chi connectivity index (χ3v) is 3.67. The quantitative estimate of drug-likeness (QED) is 0.346. The van der Waals surface area contributed by atoms with E-state index in [-0.39, 0.29) is 41.5 Å². The van der Waals surface area contributed by atoms with Gasteiger partial charge in [-0.2, -0.15) is 13.2 Å². The molecule has 1 aromatic carbocycles. The van der Waals surface area contributed by atoms with E-state index in [4.69, 9.17) is 9.47 Å². The van der Waals surface area contributed by atoms with Crippen molar-refractivity contribution in [3.05, 3.63) is 23.8 Å². The van der Waals surface area contributed by atoms with Crippen LogP contribution in [0.25, 0.3) is 0 Å². The lowest BCUT2D eigenvalue weighted by Crippen LogP contribution is -2.43. The number of halogens is 4. The monoisotopic (exact) mass is 489 g/mol. The highest BCUT2D eigenvalue weighted by Gasteiger charge is 2.29. The third kappa shape index (κ3) is 8.81. The predicted molar refractivity (Wildman–Crippen MR) is 108 cm³/mol. The molecule has 1 unspecified atom stereocenters. The molecule has 0 radical (unpaired) electrons. The molecule has 1 rings (SSSR count). The van der Waals surface area contributed by atoms with Crippen molar-refractivity contribution in [2.24, 2.45) is 10.9 Å². The van der Waals surface area contributed by atoms with E-state index in [0.29, 0.717) is 18.4 Å². The van der Waals surface area contributed by atoms with Crippen molar-refractivity contribution >= 4 is 29.9 Å². The van der Waals surface area contributed by atoms with E-state index in [1.54, 1.807) is 19.2 Å². The Hall–Kier alpha value is -1.39. The Morgan fingerprint density at radius 3 is 2.35 bits per heavy atom. The van der Waals surface area contributed by atoms with Crippen LogP contribution in [0.1, 0.15) is 26.3 Å². The van der Waals surface area contributed by atoms with E-state index < -0.39 is 12.8 Å². The summed E-state index contributed by atoms with van der Waals surface area (Å²) in [7, 11) is 3.06. The van der Waals surface area contributed by atoms with Crippen LogP contribution in [0.4, 0.5) is 13.2 Å². The Morgan fingerprint density at radius 2 is 1.85 bits per heavy atom. The first kappa shape index (κ1) is 24.6. The van der Waals surface area contributed by atoms with Crippen LogP contribution < -0.4 is 20.1 Å². The van der Waals surface area contributed by atoms with Gasteiger partial charge in [-0.25, -0.2) is 0 Å². The number of aliphatic imine (C=N–C) groups is 1. The molecule has 5 nitrogen and oxygen atoms in total. The maximum absolute atomic E-state index is 12.3. The SMILES string of the molecule is CN=C(NCc1ccc(OCC(F)(F)F)c(OC)c1)NC(C)C(C)C.I. The smallest absolute Gasteiger partial charge is 0.422 e. The van der Waals surface area contributed by atoms with Gasteiger partial charge >= 0.3 is 6.18 Å². The van der Waals surface area contributed by atoms with Crippen molar-refractivity contribution in [1.82, 2.24) is 10.6 Å². The second kappa shape index (κ2) is 11.3. The summed E-state index contributed by atoms with van der Waals surface area (Å²) in [5.41, 5.74) is 0.830. The molecule has 1 aromatic rings. The Kier molecular flexibility index (Phi) is 10.7. The lowest BCUT2D eigenvalue weighted by molar-refractivity contribution is -0.153. The summed E-state index contributed by atoms with van der Waals surface area (Å²) in [5, 5.41) is 6.43. The molecule has 0 bridgehead atoms. The zero-order chi connectivity index (χ0) is 19.0. The maximum atomic E-state index is 12.3. The zero-order valence-electron chi connectivity index (χ0n) is 15.6. The first-order valence-corrected chi connectivity index (χ1v) is 8.00. The highest BCUT2D eigenvalue weighted by atomic mass is 127. The molecule has 0 spiro atoms. The van der Waals surface area contributed by atoms with Gasteiger partial charge in [0.25, 0.3) is 0 Å². The van der Waals surface area contributed by atoms with Crippen LogP contribution in [0.15, 0.2) is 23.2 Å². The second-order valence-electron chi connectivity index (χ2n) is 5.99. The summed E-state index contributed by atoms with van der Waals surface area (Å²) in [5.74, 6) is 1.41. The largest absolute Gasteiger partial charge is 0.493 e. The Morgan fingerprint density at radius 1 is 1.19 bits per heavy atom. The molecule has 150 valence electrons. The summed E-state index contributed by atoms with van der Waals surface area (Å²) in [6.07, 6.45) is -4.39. The zero-order valence-corrected chi connectivity index (χ0v) is 17.9. The highest BCUT2D eigenvalue weighted by Crippen LogP contribution is 2.29. The minimum Gasteiger partial charge on any atom is -0.493 e. The molecule has 0 aromatic heterocycles. The normalized spacial score (nSPS) is 13.0. The van der Waals surface area contributed by atoms with Gasteiger partial charge in [0, 0.05) is 19.6 Å². The van der Waals surface area contributed by atoms with Crippen molar-refractivity contribution in [1.29, 1.82) is 0 Å². The maximum Gasteiger partial charge on any atom is 0.422 e. The fourth-order valence-electron chi connectivity index (χ4n) is 1.86. The van der Waals surface area contributed by atoms with Crippen molar-refractivity contribution in [3.63, 3.8) is 0 Å². The average Bonchev–Trinajstić information content (AvgIpc) is 2.55. The Labute approximate surface area is 169 Å². The van der Waals surface area contributed by atoms with Gasteiger partial charge in [0.1, 0.15) is 0 Å². The number of methoxy groups -OCH3 is 1. The van der Waals surface area contributed by atoms with Crippen LogP contribution in [0, 0.1) is 5.92 Å². The Balaban J connectivity index is 0.00000625. The minimum atomic E-state index is -4.39. The van der Waals surface area contributed by atoms with Crippen LogP contribution in [-0.4, -0.2) is 38.9 Å². The minimum absolute atomic E-state index is 0. The van der Waals surface area contributed by atoms with Gasteiger partial charge in [0.2, 0.25) is 0 Å². The third-order valence-electron chi connectivity index (χ3n) is 3.67. The van der Waals surface area contributed by atoms with Crippen LogP contribution in [-0.2, 0) is 6.54 Å². The summed E-state index contributed by atoms with van der Waals surface area (Å²) in [4.78, 5) is 4.16. The van der Waals surface area contributed by atoms with Gasteiger partial charge < -0.3 is 20.1 Å². The second-order valence-corrected chi connectivity index (χ2v) is 5.99. The van der Waals surface area contributed by atoms with Crippen molar-refractivity contribution < 1.29 is 22.6 Å². The van der Waals surface area contributed by atoms with Crippen LogP contribution in [0.2, 0.25) is 0 Å². The number of hydrogen-bond donors (Lipinski definition) is 2. The number of guanidine groups is 1. The first-order valence-electron chi connectivity index (χ1n) is 8.00. The summed E-state index contributed by atoms with van der Waals surface area (Å²) in [6, 6.07) is 5.03. The van der Waals surface area contributed by atoms with Gasteiger partial charge in [-0.3, -0.25) is 4.99 Å². The lowest BCUT2D eigenvalue weighted by atomic mass is 10.1. The van der Waals surface area contributed by atoms with Gasteiger partial charge in [0.05, 0.1) is 7.11 Å². The van der Waals surface area contributed by atoms with Crippen LogP contribution >= 0.6 is 24.0 Å². The fourth-order valence-corrected chi connectivity index (χ4v) is 1.86. The summed E-state index contributed by atoms with van der Waals surface area (Å²) >= 11 is 0. The van der Waals surface area contributed by atoms with Crippen LogP contribution in [0.3, 0.4) is 0 Å². The molecular weight excluding hydrogens is 462 g/mol. The number of hydrogen-bond acceptors (Lipinski definition) is 3. The molecule has 1 atom stereocenters. The number of rotatable bonds is 7. The van der Waals surface area contributed by atoms with Gasteiger partial charge in [-0.1, -0.05) is 19.9 Å². The molecule has 0 saturated heterocycles. The molecule has 0 aliphatic carbocycles. The molecule has 0 heterocycles. The van der Waals surface area contributed by atoms with Crippen molar-refractivity contribution in [2.75, 3.05) is 20.8 Å². The number of alkyl halides is 3. The number of nitrogens with zero attached hydrogens (tertiary/aromatic N) is 1. The number of ether oxygens (including phenoxy) is 2. The van der Waals surface area contributed by atoms with Crippen molar-refractivity contribution in [2.45, 2.75) is 39.5 Å². The molecule has 0 saturated carbocycles. The van der Waals surface area contributed by atoms with E-state index >= 15 is 0 Å². The van der Waals surface area contributed by atoms with E-state index in [0.717, 1.165) is 5.56 Å². The fraction of sp³-hybridized carbons (Fsp3) is 0.588. The van der Waals surface area contributed by atoms with Crippen molar-refractivity contribution in [3.8, 4) is 11.5 Å². The molecule has 0 fully saturated rings. The molecule has 0 aliphatic heterocycles. The standard InChI is InChI=1S/C17H26F3N3O2.HI/c1-11(2)12(3)23-16(21-4)22-9-13-6-7-14(15(8-13)24-5)25-10-17(18,19)20;/h6-8,11-12H,9-10H2,1-5H3,(H2,21,22,23);1H. The lowest BCUT2D eigenvalue weighted by Gasteiger charge is -2.21. The highest BCUT2D eigenvalue weighted by molar-refractivity contribution is 14.0. The Bertz CT molecular complexity index is 581. The number of nitrogens with one attached hydrogen (secondary N) is 2. The predicted octanol–water partition coefficient (Wildman–Crippen LogP) is 3.96. The molecule has 0 aliphatic rings. The number of benzene rings is 1. The van der Waals surface area contributed by atoms with E-state index in [2.05, 4.69) is 36.4 Å². The van der Waals surface area contributed by atoms with Gasteiger partial charge in [-0.15, -0.1) is 24.0 Å². The van der Waals surface area contributed by atoms with E-state index in [1.807, 2.05) is 0 Å². The first-order chi connectivity index (χ1) is 11.7.